The highest BCUT2D eigenvalue weighted by Gasteiger charge is 2.29. The van der Waals surface area contributed by atoms with Crippen LogP contribution in [0, 0.1) is 13.8 Å². The molecule has 1 heterocycles. The Morgan fingerprint density at radius 2 is 1.84 bits per heavy atom. The molecule has 0 aliphatic heterocycles. The second-order valence-electron chi connectivity index (χ2n) is 6.10. The van der Waals surface area contributed by atoms with Crippen molar-refractivity contribution in [1.29, 1.82) is 0 Å². The van der Waals surface area contributed by atoms with Crippen molar-refractivity contribution in [2.24, 2.45) is 0 Å². The van der Waals surface area contributed by atoms with Crippen LogP contribution in [-0.2, 0) is 5.54 Å². The smallest absolute Gasteiger partial charge is 0.148 e. The van der Waals surface area contributed by atoms with Gasteiger partial charge in [0.2, 0.25) is 0 Å². The Bertz CT molecular complexity index is 554. The monoisotopic (exact) mass is 297 g/mol. The van der Waals surface area contributed by atoms with Gasteiger partial charge in [0.15, 0.2) is 0 Å². The van der Waals surface area contributed by atoms with Crippen LogP contribution in [0.3, 0.4) is 0 Å². The van der Waals surface area contributed by atoms with Crippen molar-refractivity contribution in [1.82, 2.24) is 4.57 Å². The van der Waals surface area contributed by atoms with E-state index in [-0.39, 0.29) is 5.54 Å². The molecule has 0 spiro atoms. The van der Waals surface area contributed by atoms with Crippen LogP contribution >= 0.6 is 23.2 Å². The number of rotatable bonds is 2. The van der Waals surface area contributed by atoms with Crippen molar-refractivity contribution in [2.75, 3.05) is 0 Å². The zero-order valence-corrected chi connectivity index (χ0v) is 13.7. The van der Waals surface area contributed by atoms with Gasteiger partial charge in [-0.2, -0.15) is 0 Å². The molecule has 0 saturated heterocycles. The minimum absolute atomic E-state index is 0.0307. The first-order valence-corrected chi connectivity index (χ1v) is 7.49. The SMILES string of the molecule is Cc1c(C2=CC=CC2)c(C(Cl)Cl)n(C(C)(C)C)c1C. The maximum Gasteiger partial charge on any atom is 0.148 e. The van der Waals surface area contributed by atoms with Crippen molar-refractivity contribution in [3.8, 4) is 0 Å². The van der Waals surface area contributed by atoms with E-state index in [4.69, 9.17) is 23.2 Å². The third-order valence-electron chi connectivity index (χ3n) is 3.72. The van der Waals surface area contributed by atoms with E-state index in [2.05, 4.69) is 57.4 Å². The number of hydrogen-bond donors (Lipinski definition) is 0. The van der Waals surface area contributed by atoms with Gasteiger partial charge in [0.1, 0.15) is 4.84 Å². The molecule has 19 heavy (non-hydrogen) atoms. The molecule has 0 saturated carbocycles. The van der Waals surface area contributed by atoms with Gasteiger partial charge in [-0.25, -0.2) is 0 Å². The van der Waals surface area contributed by atoms with E-state index in [1.165, 1.54) is 22.4 Å². The van der Waals surface area contributed by atoms with Gasteiger partial charge in [-0.3, -0.25) is 0 Å². The lowest BCUT2D eigenvalue weighted by Crippen LogP contribution is -2.25. The molecule has 0 N–H and O–H groups in total. The summed E-state index contributed by atoms with van der Waals surface area (Å²) in [6.45, 7) is 10.9. The highest BCUT2D eigenvalue weighted by atomic mass is 35.5. The topological polar surface area (TPSA) is 4.93 Å². The lowest BCUT2D eigenvalue weighted by atomic mass is 10.0. The fourth-order valence-electron chi connectivity index (χ4n) is 2.94. The molecule has 2 rings (SSSR count). The zero-order valence-electron chi connectivity index (χ0n) is 12.2. The predicted molar refractivity (Wildman–Crippen MR) is 85.1 cm³/mol. The Morgan fingerprint density at radius 1 is 1.21 bits per heavy atom. The third-order valence-corrected chi connectivity index (χ3v) is 4.13. The van der Waals surface area contributed by atoms with Crippen molar-refractivity contribution in [2.45, 2.75) is 51.4 Å². The highest BCUT2D eigenvalue weighted by molar-refractivity contribution is 6.44. The Kier molecular flexibility index (Phi) is 3.90. The van der Waals surface area contributed by atoms with E-state index in [9.17, 15) is 0 Å². The summed E-state index contributed by atoms with van der Waals surface area (Å²) in [5.74, 6) is 0. The second kappa shape index (κ2) is 5.03. The van der Waals surface area contributed by atoms with Crippen molar-refractivity contribution < 1.29 is 0 Å². The molecule has 1 nitrogen and oxygen atoms in total. The summed E-state index contributed by atoms with van der Waals surface area (Å²) < 4.78 is 2.28. The van der Waals surface area contributed by atoms with E-state index in [1.807, 2.05) is 0 Å². The minimum atomic E-state index is -0.511. The fourth-order valence-corrected chi connectivity index (χ4v) is 3.36. The average molecular weight is 298 g/mol. The summed E-state index contributed by atoms with van der Waals surface area (Å²) >= 11 is 12.6. The maximum atomic E-state index is 6.28. The largest absolute Gasteiger partial charge is 0.340 e. The molecule has 1 aliphatic rings. The number of hydrogen-bond acceptors (Lipinski definition) is 0. The van der Waals surface area contributed by atoms with Gasteiger partial charge in [0.25, 0.3) is 0 Å². The van der Waals surface area contributed by atoms with Crippen LogP contribution in [0.5, 0.6) is 0 Å². The first-order chi connectivity index (χ1) is 8.75. The number of aromatic nitrogens is 1. The summed E-state index contributed by atoms with van der Waals surface area (Å²) in [7, 11) is 0. The molecular formula is C16H21Cl2N. The maximum absolute atomic E-state index is 6.28. The number of halogens is 2. The quantitative estimate of drug-likeness (QED) is 0.619. The molecule has 3 heteroatoms. The molecule has 1 aromatic heterocycles. The van der Waals surface area contributed by atoms with Gasteiger partial charge in [0.05, 0.1) is 5.69 Å². The van der Waals surface area contributed by atoms with E-state index in [0.717, 1.165) is 12.1 Å². The molecule has 1 aromatic rings. The van der Waals surface area contributed by atoms with Gasteiger partial charge in [-0.05, 0) is 52.2 Å². The van der Waals surface area contributed by atoms with Crippen LogP contribution in [0.2, 0.25) is 0 Å². The van der Waals surface area contributed by atoms with E-state index >= 15 is 0 Å². The summed E-state index contributed by atoms with van der Waals surface area (Å²) in [6.07, 6.45) is 7.38. The molecule has 0 fully saturated rings. The molecule has 104 valence electrons. The Morgan fingerprint density at radius 3 is 2.26 bits per heavy atom. The summed E-state index contributed by atoms with van der Waals surface area (Å²) in [5, 5.41) is 0. The fraction of sp³-hybridized carbons (Fsp3) is 0.500. The third kappa shape index (κ3) is 2.51. The molecular weight excluding hydrogens is 277 g/mol. The molecule has 0 radical (unpaired) electrons. The standard InChI is InChI=1S/C16H21Cl2N/c1-10-11(2)19(16(3,4)5)14(15(17)18)13(10)12-8-6-7-9-12/h6-8,15H,9H2,1-5H3. The molecule has 0 amide bonds. The van der Waals surface area contributed by atoms with E-state index in [0.29, 0.717) is 0 Å². The van der Waals surface area contributed by atoms with Crippen LogP contribution in [0.25, 0.3) is 5.57 Å². The van der Waals surface area contributed by atoms with Gasteiger partial charge >= 0.3 is 0 Å². The van der Waals surface area contributed by atoms with Crippen molar-refractivity contribution >= 4 is 28.8 Å². The Labute approximate surface area is 125 Å². The summed E-state index contributed by atoms with van der Waals surface area (Å²) in [6, 6.07) is 0. The summed E-state index contributed by atoms with van der Waals surface area (Å²) in [5.41, 5.74) is 6.07. The van der Waals surface area contributed by atoms with Crippen LogP contribution in [-0.4, -0.2) is 4.57 Å². The normalized spacial score (nSPS) is 15.5. The molecule has 0 bridgehead atoms. The number of allylic oxidation sites excluding steroid dienone is 4. The van der Waals surface area contributed by atoms with Gasteiger partial charge in [-0.1, -0.05) is 41.4 Å². The Balaban J connectivity index is 2.74. The second-order valence-corrected chi connectivity index (χ2v) is 7.20. The zero-order chi connectivity index (χ0) is 14.4. The van der Waals surface area contributed by atoms with E-state index < -0.39 is 4.84 Å². The number of nitrogens with zero attached hydrogens (tertiary/aromatic N) is 1. The summed E-state index contributed by atoms with van der Waals surface area (Å²) in [4.78, 5) is -0.511. The van der Waals surface area contributed by atoms with Crippen molar-refractivity contribution in [3.05, 3.63) is 40.7 Å². The average Bonchev–Trinajstić information content (AvgIpc) is 2.85. The lowest BCUT2D eigenvalue weighted by molar-refractivity contribution is 0.381. The van der Waals surface area contributed by atoms with Crippen LogP contribution in [0.4, 0.5) is 0 Å². The van der Waals surface area contributed by atoms with Gasteiger partial charge in [-0.15, -0.1) is 0 Å². The number of alkyl halides is 2. The first-order valence-electron chi connectivity index (χ1n) is 6.61. The molecule has 0 unspecified atom stereocenters. The highest BCUT2D eigenvalue weighted by Crippen LogP contribution is 2.42. The first kappa shape index (κ1) is 14.7. The molecule has 0 aromatic carbocycles. The predicted octanol–water partition coefficient (Wildman–Crippen LogP) is 5.68. The van der Waals surface area contributed by atoms with Crippen LogP contribution < -0.4 is 0 Å². The van der Waals surface area contributed by atoms with Crippen molar-refractivity contribution in [3.63, 3.8) is 0 Å². The molecule has 1 aliphatic carbocycles. The minimum Gasteiger partial charge on any atom is -0.340 e. The van der Waals surface area contributed by atoms with E-state index in [1.54, 1.807) is 0 Å². The van der Waals surface area contributed by atoms with Crippen LogP contribution in [0.15, 0.2) is 18.2 Å². The van der Waals surface area contributed by atoms with Crippen LogP contribution in [0.1, 0.15) is 54.5 Å². The Hall–Kier alpha value is -0.660. The van der Waals surface area contributed by atoms with Gasteiger partial charge < -0.3 is 4.57 Å². The van der Waals surface area contributed by atoms with Gasteiger partial charge in [0, 0.05) is 16.8 Å². The lowest BCUT2D eigenvalue weighted by Gasteiger charge is -2.27. The molecule has 0 atom stereocenters.